The fourth-order valence-corrected chi connectivity index (χ4v) is 3.43. The van der Waals surface area contributed by atoms with Crippen LogP contribution >= 0.6 is 0 Å². The summed E-state index contributed by atoms with van der Waals surface area (Å²) in [6.07, 6.45) is 5.97. The van der Waals surface area contributed by atoms with E-state index in [1.165, 1.54) is 12.1 Å². The van der Waals surface area contributed by atoms with Crippen molar-refractivity contribution in [1.82, 2.24) is 15.2 Å². The molecule has 144 valence electrons. The molecule has 5 nitrogen and oxygen atoms in total. The molecule has 0 radical (unpaired) electrons. The normalized spacial score (nSPS) is 20.8. The Balaban J connectivity index is 1.46. The van der Waals surface area contributed by atoms with E-state index in [0.29, 0.717) is 12.8 Å². The van der Waals surface area contributed by atoms with Crippen LogP contribution in [0.25, 0.3) is 0 Å². The van der Waals surface area contributed by atoms with Crippen molar-refractivity contribution in [1.29, 1.82) is 0 Å². The number of pyridine rings is 1. The highest BCUT2D eigenvalue weighted by molar-refractivity contribution is 5.78. The SMILES string of the molecule is O=C(Cc1ccc(F)cc1)NCC1(O)CCCN(Cc2cccnc2)CC1. The maximum Gasteiger partial charge on any atom is 0.224 e. The summed E-state index contributed by atoms with van der Waals surface area (Å²) in [5.41, 5.74) is 1.03. The lowest BCUT2D eigenvalue weighted by atomic mass is 9.95. The third-order valence-electron chi connectivity index (χ3n) is 5.03. The Morgan fingerprint density at radius 1 is 1.19 bits per heavy atom. The maximum atomic E-state index is 12.9. The van der Waals surface area contributed by atoms with Crippen molar-refractivity contribution in [2.75, 3.05) is 19.6 Å². The van der Waals surface area contributed by atoms with Gasteiger partial charge in [0.25, 0.3) is 0 Å². The minimum Gasteiger partial charge on any atom is -0.388 e. The molecule has 2 heterocycles. The fourth-order valence-electron chi connectivity index (χ4n) is 3.43. The van der Waals surface area contributed by atoms with Crippen LogP contribution < -0.4 is 5.32 Å². The zero-order chi connectivity index (χ0) is 19.1. The van der Waals surface area contributed by atoms with Gasteiger partial charge in [-0.1, -0.05) is 18.2 Å². The molecule has 1 amide bonds. The summed E-state index contributed by atoms with van der Waals surface area (Å²) < 4.78 is 12.9. The number of amides is 1. The Morgan fingerprint density at radius 2 is 2.00 bits per heavy atom. The second-order valence-electron chi connectivity index (χ2n) is 7.30. The highest BCUT2D eigenvalue weighted by Crippen LogP contribution is 2.22. The monoisotopic (exact) mass is 371 g/mol. The van der Waals surface area contributed by atoms with E-state index >= 15 is 0 Å². The van der Waals surface area contributed by atoms with Gasteiger partial charge in [0, 0.05) is 32.0 Å². The van der Waals surface area contributed by atoms with E-state index in [-0.39, 0.29) is 24.7 Å². The molecule has 2 aromatic rings. The van der Waals surface area contributed by atoms with Gasteiger partial charge in [-0.3, -0.25) is 14.7 Å². The fraction of sp³-hybridized carbons (Fsp3) is 0.429. The van der Waals surface area contributed by atoms with Crippen LogP contribution in [0.1, 0.15) is 30.4 Å². The summed E-state index contributed by atoms with van der Waals surface area (Å²) in [5, 5.41) is 13.7. The number of aliphatic hydroxyl groups is 1. The van der Waals surface area contributed by atoms with Gasteiger partial charge in [-0.05, 0) is 55.1 Å². The molecule has 1 aliphatic rings. The minimum atomic E-state index is -0.887. The number of rotatable bonds is 6. The van der Waals surface area contributed by atoms with Crippen LogP contribution in [-0.2, 0) is 17.8 Å². The van der Waals surface area contributed by atoms with Crippen LogP contribution in [0.5, 0.6) is 0 Å². The quantitative estimate of drug-likeness (QED) is 0.818. The molecule has 0 spiro atoms. The standard InChI is InChI=1S/C21H26FN3O2/c22-19-6-4-17(5-7-19)13-20(26)24-16-21(27)8-2-11-25(12-9-21)15-18-3-1-10-23-14-18/h1,3-7,10,14,27H,2,8-9,11-13,15-16H2,(H,24,26). The Bertz CT molecular complexity index is 739. The van der Waals surface area contributed by atoms with Crippen molar-refractivity contribution < 1.29 is 14.3 Å². The molecule has 2 N–H and O–H groups in total. The molecular weight excluding hydrogens is 345 g/mol. The molecule has 0 saturated carbocycles. The number of carbonyl (C=O) groups is 1. The van der Waals surface area contributed by atoms with Crippen molar-refractivity contribution >= 4 is 5.91 Å². The number of benzene rings is 1. The molecule has 0 aliphatic carbocycles. The average molecular weight is 371 g/mol. The molecule has 1 aromatic heterocycles. The average Bonchev–Trinajstić information content (AvgIpc) is 2.85. The number of carbonyl (C=O) groups excluding carboxylic acids is 1. The van der Waals surface area contributed by atoms with Crippen molar-refractivity contribution in [2.45, 2.75) is 37.8 Å². The first-order valence-electron chi connectivity index (χ1n) is 9.37. The van der Waals surface area contributed by atoms with Crippen LogP contribution in [0.15, 0.2) is 48.8 Å². The third-order valence-corrected chi connectivity index (χ3v) is 5.03. The van der Waals surface area contributed by atoms with Gasteiger partial charge in [-0.15, -0.1) is 0 Å². The molecule has 6 heteroatoms. The number of halogens is 1. The second kappa shape index (κ2) is 9.06. The molecule has 1 atom stereocenters. The summed E-state index contributed by atoms with van der Waals surface area (Å²) in [6.45, 7) is 2.76. The molecular formula is C21H26FN3O2. The van der Waals surface area contributed by atoms with Crippen molar-refractivity contribution in [2.24, 2.45) is 0 Å². The first-order chi connectivity index (χ1) is 13.0. The maximum absolute atomic E-state index is 12.9. The van der Waals surface area contributed by atoms with E-state index in [9.17, 15) is 14.3 Å². The summed E-state index contributed by atoms with van der Waals surface area (Å²) in [5.74, 6) is -0.478. The lowest BCUT2D eigenvalue weighted by Crippen LogP contribution is -2.44. The Kier molecular flexibility index (Phi) is 6.53. The number of hydrogen-bond acceptors (Lipinski definition) is 4. The predicted molar refractivity (Wildman–Crippen MR) is 101 cm³/mol. The smallest absolute Gasteiger partial charge is 0.224 e. The van der Waals surface area contributed by atoms with Crippen molar-refractivity contribution in [3.63, 3.8) is 0 Å². The van der Waals surface area contributed by atoms with Crippen molar-refractivity contribution in [3.8, 4) is 0 Å². The van der Waals surface area contributed by atoms with Crippen LogP contribution in [0.4, 0.5) is 4.39 Å². The topological polar surface area (TPSA) is 65.5 Å². The van der Waals surface area contributed by atoms with Gasteiger partial charge in [0.2, 0.25) is 5.91 Å². The Hall–Kier alpha value is -2.31. The highest BCUT2D eigenvalue weighted by atomic mass is 19.1. The molecule has 3 rings (SSSR count). The summed E-state index contributed by atoms with van der Waals surface area (Å²) in [6, 6.07) is 9.88. The highest BCUT2D eigenvalue weighted by Gasteiger charge is 2.30. The van der Waals surface area contributed by atoms with E-state index in [1.807, 2.05) is 12.3 Å². The van der Waals surface area contributed by atoms with Gasteiger partial charge < -0.3 is 10.4 Å². The van der Waals surface area contributed by atoms with E-state index in [2.05, 4.69) is 21.3 Å². The van der Waals surface area contributed by atoms with E-state index in [4.69, 9.17) is 0 Å². The van der Waals surface area contributed by atoms with Gasteiger partial charge in [0.1, 0.15) is 5.82 Å². The van der Waals surface area contributed by atoms with Gasteiger partial charge >= 0.3 is 0 Å². The lowest BCUT2D eigenvalue weighted by molar-refractivity contribution is -0.121. The van der Waals surface area contributed by atoms with Gasteiger partial charge in [-0.25, -0.2) is 4.39 Å². The predicted octanol–water partition coefficient (Wildman–Crippen LogP) is 2.30. The van der Waals surface area contributed by atoms with E-state index < -0.39 is 5.60 Å². The molecule has 1 aliphatic heterocycles. The van der Waals surface area contributed by atoms with Gasteiger partial charge in [0.15, 0.2) is 0 Å². The van der Waals surface area contributed by atoms with Crippen LogP contribution in [0, 0.1) is 5.82 Å². The van der Waals surface area contributed by atoms with Crippen LogP contribution in [0.3, 0.4) is 0 Å². The van der Waals surface area contributed by atoms with Crippen molar-refractivity contribution in [3.05, 3.63) is 65.7 Å². The second-order valence-corrected chi connectivity index (χ2v) is 7.30. The number of nitrogens with zero attached hydrogens (tertiary/aromatic N) is 2. The number of nitrogens with one attached hydrogen (secondary N) is 1. The summed E-state index contributed by atoms with van der Waals surface area (Å²) in [7, 11) is 0. The third kappa shape index (κ3) is 6.12. The number of likely N-dealkylation sites (tertiary alicyclic amines) is 1. The lowest BCUT2D eigenvalue weighted by Gasteiger charge is -2.27. The Labute approximate surface area is 159 Å². The molecule has 1 fully saturated rings. The first-order valence-corrected chi connectivity index (χ1v) is 9.37. The molecule has 27 heavy (non-hydrogen) atoms. The molecule has 1 unspecified atom stereocenters. The first kappa shape index (κ1) is 19.5. The summed E-state index contributed by atoms with van der Waals surface area (Å²) in [4.78, 5) is 18.6. The molecule has 1 aromatic carbocycles. The molecule has 1 saturated heterocycles. The zero-order valence-electron chi connectivity index (χ0n) is 15.4. The van der Waals surface area contributed by atoms with Gasteiger partial charge in [0.05, 0.1) is 12.0 Å². The van der Waals surface area contributed by atoms with Gasteiger partial charge in [-0.2, -0.15) is 0 Å². The van der Waals surface area contributed by atoms with Crippen LogP contribution in [0.2, 0.25) is 0 Å². The van der Waals surface area contributed by atoms with E-state index in [0.717, 1.165) is 37.2 Å². The summed E-state index contributed by atoms with van der Waals surface area (Å²) >= 11 is 0. The molecule has 0 bridgehead atoms. The van der Waals surface area contributed by atoms with Crippen LogP contribution in [-0.4, -0.2) is 46.1 Å². The van der Waals surface area contributed by atoms with E-state index in [1.54, 1.807) is 18.3 Å². The number of aromatic nitrogens is 1. The Morgan fingerprint density at radius 3 is 2.74 bits per heavy atom. The number of hydrogen-bond donors (Lipinski definition) is 2. The largest absolute Gasteiger partial charge is 0.388 e. The zero-order valence-corrected chi connectivity index (χ0v) is 15.4. The minimum absolute atomic E-state index is 0.161.